The topological polar surface area (TPSA) is 62.6 Å². The highest BCUT2D eigenvalue weighted by Crippen LogP contribution is 2.19. The van der Waals surface area contributed by atoms with Gasteiger partial charge in [-0.15, -0.1) is 0 Å². The molecule has 1 fully saturated rings. The van der Waals surface area contributed by atoms with Gasteiger partial charge in [-0.3, -0.25) is 19.0 Å². The van der Waals surface area contributed by atoms with Crippen molar-refractivity contribution in [1.29, 1.82) is 0 Å². The molecule has 0 saturated carbocycles. The Kier molecular flexibility index (Phi) is 5.68. The summed E-state index contributed by atoms with van der Waals surface area (Å²) in [5, 5.41) is 0. The van der Waals surface area contributed by atoms with Gasteiger partial charge in [-0.2, -0.15) is 0 Å². The Morgan fingerprint density at radius 1 is 1.00 bits per heavy atom. The number of Topliss-reactive ketones (excluding diaryl/α,β-unsaturated/α-hetero) is 1. The van der Waals surface area contributed by atoms with Crippen LogP contribution in [0, 0.1) is 0 Å². The van der Waals surface area contributed by atoms with Crippen LogP contribution in [0.15, 0.2) is 57.9 Å². The second-order valence-electron chi connectivity index (χ2n) is 6.35. The van der Waals surface area contributed by atoms with Gasteiger partial charge in [0.25, 0.3) is 11.5 Å². The predicted octanol–water partition coefficient (Wildman–Crippen LogP) is 1.81. The third-order valence-electron chi connectivity index (χ3n) is 4.56. The number of ketones is 1. The summed E-state index contributed by atoms with van der Waals surface area (Å²) in [6.07, 6.45) is 1.50. The number of halogens is 1. The van der Waals surface area contributed by atoms with Crippen LogP contribution in [-0.2, 0) is 4.79 Å². The molecule has 6 nitrogen and oxygen atoms in total. The predicted molar refractivity (Wildman–Crippen MR) is 102 cm³/mol. The molecule has 0 radical (unpaired) electrons. The van der Waals surface area contributed by atoms with E-state index in [-0.39, 0.29) is 17.2 Å². The van der Waals surface area contributed by atoms with Gasteiger partial charge in [-0.05, 0) is 25.2 Å². The van der Waals surface area contributed by atoms with E-state index in [4.69, 9.17) is 0 Å². The van der Waals surface area contributed by atoms with Crippen molar-refractivity contribution in [3.63, 3.8) is 0 Å². The van der Waals surface area contributed by atoms with Crippen molar-refractivity contribution in [1.82, 2.24) is 14.4 Å². The maximum Gasteiger partial charge on any atom is 0.253 e. The van der Waals surface area contributed by atoms with Gasteiger partial charge in [0.15, 0.2) is 11.8 Å². The maximum absolute atomic E-state index is 13.2. The molecule has 1 aromatic carbocycles. The lowest BCUT2D eigenvalue weighted by molar-refractivity contribution is -0.135. The highest BCUT2D eigenvalue weighted by Gasteiger charge is 2.34. The number of rotatable bonds is 4. The number of aromatic nitrogens is 1. The van der Waals surface area contributed by atoms with Gasteiger partial charge >= 0.3 is 0 Å². The molecule has 0 N–H and O–H groups in total. The molecule has 1 amide bonds. The molecule has 0 spiro atoms. The van der Waals surface area contributed by atoms with Crippen LogP contribution < -0.4 is 5.56 Å². The van der Waals surface area contributed by atoms with Gasteiger partial charge in [0.1, 0.15) is 0 Å². The van der Waals surface area contributed by atoms with E-state index >= 15 is 0 Å². The standard InChI is InChI=1S/C19H20BrN3O3/c1-21-10-12-22(13-11-21)19(26)17(23-9-3-2-4-16(23)24)18(25)14-5-7-15(20)8-6-14/h2-9,17H,10-13H2,1H3/t17-/m1/s1. The molecule has 0 unspecified atom stereocenters. The molecule has 1 saturated heterocycles. The average molecular weight is 418 g/mol. The number of carbonyl (C=O) groups is 2. The second-order valence-corrected chi connectivity index (χ2v) is 7.26. The van der Waals surface area contributed by atoms with Crippen LogP contribution in [0.2, 0.25) is 0 Å². The highest BCUT2D eigenvalue weighted by molar-refractivity contribution is 9.10. The lowest BCUT2D eigenvalue weighted by Gasteiger charge is -2.34. The number of piperazine rings is 1. The Bertz CT molecular complexity index is 855. The van der Waals surface area contributed by atoms with Crippen LogP contribution in [0.25, 0.3) is 0 Å². The van der Waals surface area contributed by atoms with E-state index in [2.05, 4.69) is 20.8 Å². The summed E-state index contributed by atoms with van der Waals surface area (Å²) in [6.45, 7) is 2.57. The van der Waals surface area contributed by atoms with Crippen LogP contribution >= 0.6 is 15.9 Å². The van der Waals surface area contributed by atoms with E-state index < -0.39 is 6.04 Å². The van der Waals surface area contributed by atoms with Crippen molar-refractivity contribution in [2.75, 3.05) is 33.2 Å². The molecule has 26 heavy (non-hydrogen) atoms. The molecular weight excluding hydrogens is 398 g/mol. The Morgan fingerprint density at radius 2 is 1.65 bits per heavy atom. The van der Waals surface area contributed by atoms with Crippen LogP contribution in [-0.4, -0.2) is 59.3 Å². The molecule has 1 aliphatic rings. The first-order chi connectivity index (χ1) is 12.5. The Labute approximate surface area is 160 Å². The Balaban J connectivity index is 1.98. The summed E-state index contributed by atoms with van der Waals surface area (Å²) in [5.74, 6) is -0.714. The van der Waals surface area contributed by atoms with Crippen molar-refractivity contribution in [3.8, 4) is 0 Å². The quantitative estimate of drug-likeness (QED) is 0.562. The average Bonchev–Trinajstić information content (AvgIpc) is 2.64. The normalized spacial score (nSPS) is 16.3. The Morgan fingerprint density at radius 3 is 2.27 bits per heavy atom. The minimum Gasteiger partial charge on any atom is -0.338 e. The molecule has 2 aromatic rings. The molecule has 2 heterocycles. The Hall–Kier alpha value is -2.25. The van der Waals surface area contributed by atoms with Crippen molar-refractivity contribution >= 4 is 27.6 Å². The molecule has 1 aliphatic heterocycles. The lowest BCUT2D eigenvalue weighted by atomic mass is 10.0. The molecule has 3 rings (SSSR count). The fourth-order valence-electron chi connectivity index (χ4n) is 2.98. The number of carbonyl (C=O) groups excluding carboxylic acids is 2. The largest absolute Gasteiger partial charge is 0.338 e. The maximum atomic E-state index is 13.2. The summed E-state index contributed by atoms with van der Waals surface area (Å²) < 4.78 is 2.07. The number of hydrogen-bond acceptors (Lipinski definition) is 4. The van der Waals surface area contributed by atoms with Crippen LogP contribution in [0.5, 0.6) is 0 Å². The van der Waals surface area contributed by atoms with Crippen molar-refractivity contribution in [3.05, 3.63) is 69.1 Å². The number of hydrogen-bond donors (Lipinski definition) is 0. The minimum absolute atomic E-state index is 0.334. The van der Waals surface area contributed by atoms with E-state index in [9.17, 15) is 14.4 Å². The van der Waals surface area contributed by atoms with E-state index in [1.165, 1.54) is 16.8 Å². The van der Waals surface area contributed by atoms with E-state index in [0.29, 0.717) is 18.7 Å². The van der Waals surface area contributed by atoms with Crippen LogP contribution in [0.4, 0.5) is 0 Å². The molecular formula is C19H20BrN3O3. The molecule has 0 bridgehead atoms. The highest BCUT2D eigenvalue weighted by atomic mass is 79.9. The summed E-state index contributed by atoms with van der Waals surface area (Å²) in [4.78, 5) is 42.4. The molecule has 1 atom stereocenters. The second kappa shape index (κ2) is 7.97. The monoisotopic (exact) mass is 417 g/mol. The third kappa shape index (κ3) is 3.94. The summed E-state index contributed by atoms with van der Waals surface area (Å²) in [7, 11) is 1.99. The van der Waals surface area contributed by atoms with Gasteiger partial charge in [-0.25, -0.2) is 0 Å². The number of likely N-dealkylation sites (N-methyl/N-ethyl adjacent to an activating group) is 1. The number of pyridine rings is 1. The summed E-state index contributed by atoms with van der Waals surface area (Å²) >= 11 is 3.34. The first-order valence-electron chi connectivity index (χ1n) is 8.41. The zero-order valence-corrected chi connectivity index (χ0v) is 16.1. The number of amides is 1. The first-order valence-corrected chi connectivity index (χ1v) is 9.21. The SMILES string of the molecule is CN1CCN(C(=O)[C@@H](C(=O)c2ccc(Br)cc2)n2ccccc2=O)CC1. The number of nitrogens with zero attached hydrogens (tertiary/aromatic N) is 3. The molecule has 1 aromatic heterocycles. The van der Waals surface area contributed by atoms with Gasteiger partial charge in [0, 0.05) is 48.5 Å². The van der Waals surface area contributed by atoms with Crippen LogP contribution in [0.3, 0.4) is 0 Å². The third-order valence-corrected chi connectivity index (χ3v) is 5.08. The van der Waals surface area contributed by atoms with E-state index in [1.54, 1.807) is 41.3 Å². The van der Waals surface area contributed by atoms with E-state index in [1.807, 2.05) is 7.05 Å². The van der Waals surface area contributed by atoms with Gasteiger partial charge in [0.05, 0.1) is 0 Å². The van der Waals surface area contributed by atoms with E-state index in [0.717, 1.165) is 17.6 Å². The lowest BCUT2D eigenvalue weighted by Crippen LogP contribution is -2.51. The molecule has 0 aliphatic carbocycles. The first kappa shape index (κ1) is 18.5. The van der Waals surface area contributed by atoms with Crippen molar-refractivity contribution in [2.24, 2.45) is 0 Å². The fourth-order valence-corrected chi connectivity index (χ4v) is 3.25. The van der Waals surface area contributed by atoms with Crippen molar-refractivity contribution in [2.45, 2.75) is 6.04 Å². The van der Waals surface area contributed by atoms with Crippen LogP contribution in [0.1, 0.15) is 16.4 Å². The smallest absolute Gasteiger partial charge is 0.253 e. The summed E-state index contributed by atoms with van der Waals surface area (Å²) in [5.41, 5.74) is 0.0295. The van der Waals surface area contributed by atoms with Gasteiger partial charge in [0.2, 0.25) is 0 Å². The fraction of sp³-hybridized carbons (Fsp3) is 0.316. The zero-order valence-electron chi connectivity index (χ0n) is 14.5. The summed E-state index contributed by atoms with van der Waals surface area (Å²) in [6, 6.07) is 10.2. The van der Waals surface area contributed by atoms with Gasteiger partial charge in [-0.1, -0.05) is 34.1 Å². The molecule has 7 heteroatoms. The molecule has 136 valence electrons. The minimum atomic E-state index is -1.19. The van der Waals surface area contributed by atoms with Crippen molar-refractivity contribution < 1.29 is 9.59 Å². The number of benzene rings is 1. The zero-order chi connectivity index (χ0) is 18.7. The van der Waals surface area contributed by atoms with Gasteiger partial charge < -0.3 is 9.80 Å².